The average Bonchev–Trinajstić information content (AvgIpc) is 3.52. The van der Waals surface area contributed by atoms with Crippen molar-refractivity contribution in [3.8, 4) is 0 Å². The molecule has 0 aliphatic carbocycles. The number of hydrogen-bond acceptors (Lipinski definition) is 8. The summed E-state index contributed by atoms with van der Waals surface area (Å²) in [6, 6.07) is 3.40. The molecule has 1 aromatic carbocycles. The van der Waals surface area contributed by atoms with E-state index in [0.717, 1.165) is 3.97 Å². The lowest BCUT2D eigenvalue weighted by Gasteiger charge is -2.11. The Morgan fingerprint density at radius 2 is 2.03 bits per heavy atom. The Kier molecular flexibility index (Phi) is 7.95. The summed E-state index contributed by atoms with van der Waals surface area (Å²) < 4.78 is 33.3. The van der Waals surface area contributed by atoms with Crippen LogP contribution in [-0.2, 0) is 0 Å². The molecule has 4 rings (SSSR count). The van der Waals surface area contributed by atoms with E-state index < -0.39 is 17.8 Å². The molecule has 0 bridgehead atoms. The lowest BCUT2D eigenvalue weighted by atomic mass is 10.1. The zero-order valence-corrected chi connectivity index (χ0v) is 19.7. The van der Waals surface area contributed by atoms with Crippen LogP contribution in [0.1, 0.15) is 54.3 Å². The largest absolute Gasteiger partial charge is 0.447 e. The molecule has 9 nitrogen and oxygen atoms in total. The van der Waals surface area contributed by atoms with Crippen molar-refractivity contribution < 1.29 is 17.5 Å². The molecule has 34 heavy (non-hydrogen) atoms. The molecule has 3 aromatic heterocycles. The molecular formula is C22H23F2N7O2S. The van der Waals surface area contributed by atoms with Crippen LogP contribution in [0.5, 0.6) is 0 Å². The zero-order chi connectivity index (χ0) is 24.8. The lowest BCUT2D eigenvalue weighted by molar-refractivity contribution is 0.0935. The van der Waals surface area contributed by atoms with Crippen molar-refractivity contribution in [2.24, 2.45) is 0 Å². The van der Waals surface area contributed by atoms with Crippen molar-refractivity contribution >= 4 is 40.8 Å². The van der Waals surface area contributed by atoms with Crippen molar-refractivity contribution in [3.05, 3.63) is 71.6 Å². The summed E-state index contributed by atoms with van der Waals surface area (Å²) in [4.78, 5) is 25.5. The summed E-state index contributed by atoms with van der Waals surface area (Å²) in [7, 11) is 1.61. The van der Waals surface area contributed by atoms with Gasteiger partial charge in [-0.15, -0.1) is 3.89 Å². The van der Waals surface area contributed by atoms with Gasteiger partial charge in [-0.25, -0.2) is 23.3 Å². The number of rotatable bonds is 7. The van der Waals surface area contributed by atoms with Crippen molar-refractivity contribution in [2.45, 2.75) is 26.8 Å². The zero-order valence-electron chi connectivity index (χ0n) is 18.9. The van der Waals surface area contributed by atoms with Crippen LogP contribution in [-0.4, -0.2) is 37.6 Å². The number of anilines is 1. The molecule has 3 N–H and O–H groups in total. The third-order valence-corrected chi connectivity index (χ3v) is 5.16. The average molecular weight is 488 g/mol. The monoisotopic (exact) mass is 487 g/mol. The molecule has 0 aliphatic heterocycles. The Morgan fingerprint density at radius 1 is 1.26 bits per heavy atom. The Balaban J connectivity index is 0.00000158. The number of carbonyl (C=O) groups is 1. The molecule has 0 saturated carbocycles. The summed E-state index contributed by atoms with van der Waals surface area (Å²) in [5, 5.41) is 14.1. The molecule has 0 aliphatic rings. The van der Waals surface area contributed by atoms with E-state index in [-0.39, 0.29) is 40.5 Å². The fourth-order valence-corrected chi connectivity index (χ4v) is 3.51. The van der Waals surface area contributed by atoms with Crippen LogP contribution in [0.2, 0.25) is 0 Å². The van der Waals surface area contributed by atoms with Crippen molar-refractivity contribution in [3.63, 3.8) is 0 Å². The van der Waals surface area contributed by atoms with Crippen LogP contribution in [0.15, 0.2) is 47.5 Å². The standard InChI is InChI=1S/C20H17F2N7O2S.C2H6/c1-10(20-25-5-6-31-20)27-19(30)13-9-29(32-22)18-17(13)28-15(8-26-18)16(23)12-4-3-11(21)7-14(12)24-2;1-2/h3-10,23-24H,1-2H3,(H,27,30);1-2H3/t10-;/m1./s1. The van der Waals surface area contributed by atoms with E-state index in [1.807, 2.05) is 13.8 Å². The first-order valence-electron chi connectivity index (χ1n) is 10.4. The highest BCUT2D eigenvalue weighted by Crippen LogP contribution is 2.26. The Morgan fingerprint density at radius 3 is 2.68 bits per heavy atom. The first-order chi connectivity index (χ1) is 16.4. The fourth-order valence-electron chi connectivity index (χ4n) is 3.17. The fraction of sp³-hybridized carbons (Fsp3) is 0.227. The van der Waals surface area contributed by atoms with Crippen molar-refractivity contribution in [1.82, 2.24) is 24.2 Å². The van der Waals surface area contributed by atoms with E-state index in [0.29, 0.717) is 17.1 Å². The third-order valence-electron chi connectivity index (χ3n) is 4.73. The third kappa shape index (κ3) is 4.91. The highest BCUT2D eigenvalue weighted by molar-refractivity contribution is 7.92. The van der Waals surface area contributed by atoms with E-state index >= 15 is 0 Å². The maximum atomic E-state index is 13.6. The van der Waals surface area contributed by atoms with Crippen molar-refractivity contribution in [2.75, 3.05) is 12.4 Å². The van der Waals surface area contributed by atoms with Gasteiger partial charge in [-0.1, -0.05) is 13.8 Å². The van der Waals surface area contributed by atoms with E-state index in [1.165, 1.54) is 43.1 Å². The molecule has 0 fully saturated rings. The number of carbonyl (C=O) groups excluding carboxylic acids is 1. The Labute approximate surface area is 198 Å². The summed E-state index contributed by atoms with van der Waals surface area (Å²) in [6.07, 6.45) is 5.43. The molecule has 1 atom stereocenters. The van der Waals surface area contributed by atoms with Gasteiger partial charge >= 0.3 is 0 Å². The molecule has 0 spiro atoms. The van der Waals surface area contributed by atoms with Crippen LogP contribution in [0, 0.1) is 11.2 Å². The van der Waals surface area contributed by atoms with Gasteiger partial charge in [-0.05, 0) is 25.1 Å². The van der Waals surface area contributed by atoms with Crippen molar-refractivity contribution in [1.29, 1.82) is 5.41 Å². The van der Waals surface area contributed by atoms with E-state index in [2.05, 4.69) is 25.6 Å². The SMILES string of the molecule is CC.CNc1cc(F)ccc1C(=N)c1cnc2c(n1)c(C(=O)N[C@H](C)c1ncco1)cn2SF. The highest BCUT2D eigenvalue weighted by Gasteiger charge is 2.23. The molecule has 0 unspecified atom stereocenters. The number of nitrogens with zero attached hydrogens (tertiary/aromatic N) is 4. The Hall–Kier alpha value is -3.80. The lowest BCUT2D eigenvalue weighted by Crippen LogP contribution is -2.26. The Bertz CT molecular complexity index is 1310. The van der Waals surface area contributed by atoms with Gasteiger partial charge in [0.2, 0.25) is 5.89 Å². The van der Waals surface area contributed by atoms with Crippen LogP contribution < -0.4 is 10.6 Å². The van der Waals surface area contributed by atoms with E-state index in [4.69, 9.17) is 9.83 Å². The van der Waals surface area contributed by atoms with Gasteiger partial charge in [0.15, 0.2) is 18.0 Å². The second kappa shape index (κ2) is 10.9. The topological polar surface area (TPSA) is 122 Å². The minimum absolute atomic E-state index is 0.0380. The number of aromatic nitrogens is 4. The summed E-state index contributed by atoms with van der Waals surface area (Å²) in [5.74, 6) is -0.681. The van der Waals surface area contributed by atoms with Gasteiger partial charge in [0.25, 0.3) is 5.91 Å². The number of hydrogen-bond donors (Lipinski definition) is 3. The molecule has 4 aromatic rings. The van der Waals surface area contributed by atoms with Crippen LogP contribution in [0.25, 0.3) is 11.2 Å². The quantitative estimate of drug-likeness (QED) is 0.317. The minimum atomic E-state index is -0.541. The smallest absolute Gasteiger partial charge is 0.255 e. The molecule has 0 saturated heterocycles. The second-order valence-corrected chi connectivity index (χ2v) is 7.28. The first-order valence-corrected chi connectivity index (χ1v) is 11.0. The number of nitrogens with one attached hydrogen (secondary N) is 3. The van der Waals surface area contributed by atoms with Gasteiger partial charge in [-0.3, -0.25) is 10.2 Å². The van der Waals surface area contributed by atoms with Gasteiger partial charge in [-0.2, -0.15) is 0 Å². The molecule has 12 heteroatoms. The second-order valence-electron chi connectivity index (χ2n) is 6.75. The molecule has 1 amide bonds. The predicted molar refractivity (Wildman–Crippen MR) is 127 cm³/mol. The van der Waals surface area contributed by atoms with Gasteiger partial charge in [0.1, 0.15) is 29.3 Å². The first kappa shape index (κ1) is 24.8. The number of halogens is 2. The van der Waals surface area contributed by atoms with Crippen LogP contribution in [0.3, 0.4) is 0 Å². The van der Waals surface area contributed by atoms with Gasteiger partial charge < -0.3 is 15.1 Å². The highest BCUT2D eigenvalue weighted by atomic mass is 32.2. The normalized spacial score (nSPS) is 11.5. The molecular weight excluding hydrogens is 464 g/mol. The molecule has 0 radical (unpaired) electrons. The molecule has 178 valence electrons. The summed E-state index contributed by atoms with van der Waals surface area (Å²) >= 11 is -0.131. The number of oxazole rings is 1. The maximum Gasteiger partial charge on any atom is 0.255 e. The van der Waals surface area contributed by atoms with Gasteiger partial charge in [0, 0.05) is 24.5 Å². The predicted octanol–water partition coefficient (Wildman–Crippen LogP) is 4.91. The van der Waals surface area contributed by atoms with Crippen LogP contribution >= 0.6 is 12.3 Å². The van der Waals surface area contributed by atoms with E-state index in [9.17, 15) is 13.1 Å². The number of benzene rings is 1. The van der Waals surface area contributed by atoms with Crippen LogP contribution in [0.4, 0.5) is 14.0 Å². The summed E-state index contributed by atoms with van der Waals surface area (Å²) in [6.45, 7) is 5.69. The van der Waals surface area contributed by atoms with Gasteiger partial charge in [0.05, 0.1) is 23.7 Å². The van der Waals surface area contributed by atoms with E-state index in [1.54, 1.807) is 14.0 Å². The summed E-state index contributed by atoms with van der Waals surface area (Å²) in [5.41, 5.74) is 1.19. The maximum absolute atomic E-state index is 13.6. The molecule has 3 heterocycles. The number of fused-ring (bicyclic) bond motifs is 1. The minimum Gasteiger partial charge on any atom is -0.447 e. The number of amides is 1.